The van der Waals surface area contributed by atoms with Crippen molar-refractivity contribution in [3.63, 3.8) is 0 Å². The number of anilines is 1. The molecule has 0 saturated heterocycles. The molecular formula is C13H11BrFNS. The van der Waals surface area contributed by atoms with Gasteiger partial charge in [0.25, 0.3) is 0 Å². The lowest BCUT2D eigenvalue weighted by Gasteiger charge is -2.03. The maximum Gasteiger partial charge on any atom is 0.124 e. The number of hydrogen-bond acceptors (Lipinski definition) is 2. The number of halogens is 2. The molecule has 2 rings (SSSR count). The van der Waals surface area contributed by atoms with Gasteiger partial charge in [-0.15, -0.1) is 11.8 Å². The number of hydrogen-bond donors (Lipinski definition) is 1. The average molecular weight is 312 g/mol. The van der Waals surface area contributed by atoms with Crippen molar-refractivity contribution in [3.8, 4) is 0 Å². The third kappa shape index (κ3) is 3.75. The molecule has 2 aromatic carbocycles. The molecule has 0 aromatic heterocycles. The summed E-state index contributed by atoms with van der Waals surface area (Å²) < 4.78 is 13.9. The molecule has 2 N–H and O–H groups in total. The summed E-state index contributed by atoms with van der Waals surface area (Å²) in [6.07, 6.45) is 0. The molecule has 0 aliphatic heterocycles. The molecule has 4 heteroatoms. The fourth-order valence-corrected chi connectivity index (χ4v) is 2.77. The fourth-order valence-electron chi connectivity index (χ4n) is 1.43. The molecule has 0 aliphatic rings. The van der Waals surface area contributed by atoms with E-state index in [-0.39, 0.29) is 5.82 Å². The predicted molar refractivity (Wildman–Crippen MR) is 74.5 cm³/mol. The number of nitrogens with two attached hydrogens (primary N) is 1. The first-order valence-electron chi connectivity index (χ1n) is 5.07. The molecular weight excluding hydrogens is 301 g/mol. The van der Waals surface area contributed by atoms with E-state index in [9.17, 15) is 4.39 Å². The van der Waals surface area contributed by atoms with E-state index in [1.54, 1.807) is 17.8 Å². The van der Waals surface area contributed by atoms with Crippen LogP contribution in [0.25, 0.3) is 0 Å². The second-order valence-corrected chi connectivity index (χ2v) is 5.60. The van der Waals surface area contributed by atoms with Crippen LogP contribution < -0.4 is 5.73 Å². The van der Waals surface area contributed by atoms with Crippen molar-refractivity contribution in [2.45, 2.75) is 10.6 Å². The zero-order valence-electron chi connectivity index (χ0n) is 8.99. The van der Waals surface area contributed by atoms with Gasteiger partial charge in [0.15, 0.2) is 0 Å². The molecule has 0 heterocycles. The Labute approximate surface area is 112 Å². The number of thioether (sulfide) groups is 1. The zero-order chi connectivity index (χ0) is 12.3. The third-order valence-corrected chi connectivity index (χ3v) is 3.75. The first-order valence-corrected chi connectivity index (χ1v) is 6.85. The summed E-state index contributed by atoms with van der Waals surface area (Å²) in [5, 5.41) is 0. The summed E-state index contributed by atoms with van der Waals surface area (Å²) >= 11 is 4.94. The third-order valence-electron chi connectivity index (χ3n) is 2.21. The molecule has 0 saturated carbocycles. The number of benzene rings is 2. The first-order chi connectivity index (χ1) is 8.13. The molecule has 0 unspecified atom stereocenters. The molecule has 17 heavy (non-hydrogen) atoms. The summed E-state index contributed by atoms with van der Waals surface area (Å²) in [6.45, 7) is 0. The maximum atomic E-state index is 13.2. The molecule has 0 amide bonds. The Hall–Kier alpha value is -1.00. The largest absolute Gasteiger partial charge is 0.399 e. The standard InChI is InChI=1S/C13H11BrFNS/c14-10-5-9(6-11(15)7-10)8-17-13-3-1-12(16)2-4-13/h1-7H,8,16H2. The second-order valence-electron chi connectivity index (χ2n) is 3.64. The Morgan fingerprint density at radius 1 is 1.12 bits per heavy atom. The van der Waals surface area contributed by atoms with Gasteiger partial charge in [0.2, 0.25) is 0 Å². The summed E-state index contributed by atoms with van der Waals surface area (Å²) in [6, 6.07) is 12.6. The van der Waals surface area contributed by atoms with Crippen LogP contribution in [0.3, 0.4) is 0 Å². The van der Waals surface area contributed by atoms with Gasteiger partial charge in [0.05, 0.1) is 0 Å². The van der Waals surface area contributed by atoms with E-state index in [2.05, 4.69) is 15.9 Å². The van der Waals surface area contributed by atoms with Crippen LogP contribution in [0.15, 0.2) is 51.8 Å². The minimum Gasteiger partial charge on any atom is -0.399 e. The SMILES string of the molecule is Nc1ccc(SCc2cc(F)cc(Br)c2)cc1. The van der Waals surface area contributed by atoms with E-state index in [0.717, 1.165) is 26.4 Å². The lowest BCUT2D eigenvalue weighted by molar-refractivity contribution is 0.625. The summed E-state index contributed by atoms with van der Waals surface area (Å²) in [7, 11) is 0. The van der Waals surface area contributed by atoms with E-state index >= 15 is 0 Å². The van der Waals surface area contributed by atoms with Crippen LogP contribution in [0, 0.1) is 5.82 Å². The monoisotopic (exact) mass is 311 g/mol. The summed E-state index contributed by atoms with van der Waals surface area (Å²) in [4.78, 5) is 1.12. The Kier molecular flexibility index (Phi) is 4.07. The van der Waals surface area contributed by atoms with Crippen molar-refractivity contribution in [3.05, 3.63) is 58.3 Å². The first kappa shape index (κ1) is 12.5. The molecule has 88 valence electrons. The van der Waals surface area contributed by atoms with E-state index < -0.39 is 0 Å². The lowest BCUT2D eigenvalue weighted by atomic mass is 10.2. The Morgan fingerprint density at radius 2 is 1.82 bits per heavy atom. The van der Waals surface area contributed by atoms with Crippen molar-refractivity contribution in [1.82, 2.24) is 0 Å². The lowest BCUT2D eigenvalue weighted by Crippen LogP contribution is -1.85. The molecule has 0 aliphatic carbocycles. The average Bonchev–Trinajstić information content (AvgIpc) is 2.27. The normalized spacial score (nSPS) is 10.5. The minimum atomic E-state index is -0.215. The van der Waals surface area contributed by atoms with E-state index in [0.29, 0.717) is 0 Å². The molecule has 0 fully saturated rings. The molecule has 0 atom stereocenters. The Morgan fingerprint density at radius 3 is 2.47 bits per heavy atom. The van der Waals surface area contributed by atoms with Crippen molar-refractivity contribution < 1.29 is 4.39 Å². The predicted octanol–water partition coefficient (Wildman–Crippen LogP) is 4.46. The van der Waals surface area contributed by atoms with Crippen molar-refractivity contribution >= 4 is 33.4 Å². The van der Waals surface area contributed by atoms with Gasteiger partial charge < -0.3 is 5.73 Å². The number of rotatable bonds is 3. The van der Waals surface area contributed by atoms with Gasteiger partial charge in [-0.3, -0.25) is 0 Å². The topological polar surface area (TPSA) is 26.0 Å². The summed E-state index contributed by atoms with van der Waals surface area (Å²) in [5.74, 6) is 0.521. The van der Waals surface area contributed by atoms with Crippen LogP contribution in [0.2, 0.25) is 0 Å². The van der Waals surface area contributed by atoms with Crippen LogP contribution in [0.5, 0.6) is 0 Å². The van der Waals surface area contributed by atoms with Crippen LogP contribution in [-0.4, -0.2) is 0 Å². The van der Waals surface area contributed by atoms with Gasteiger partial charge in [-0.25, -0.2) is 4.39 Å². The fraction of sp³-hybridized carbons (Fsp3) is 0.0769. The second kappa shape index (κ2) is 5.56. The Balaban J connectivity index is 2.04. The highest BCUT2D eigenvalue weighted by molar-refractivity contribution is 9.10. The van der Waals surface area contributed by atoms with Crippen molar-refractivity contribution in [2.75, 3.05) is 5.73 Å². The molecule has 0 spiro atoms. The van der Waals surface area contributed by atoms with Gasteiger partial charge in [-0.1, -0.05) is 15.9 Å². The van der Waals surface area contributed by atoms with Gasteiger partial charge in [0, 0.05) is 20.8 Å². The molecule has 0 bridgehead atoms. The smallest absolute Gasteiger partial charge is 0.124 e. The number of nitrogen functional groups attached to an aromatic ring is 1. The van der Waals surface area contributed by atoms with Crippen molar-refractivity contribution in [1.29, 1.82) is 0 Å². The minimum absolute atomic E-state index is 0.215. The van der Waals surface area contributed by atoms with E-state index in [1.165, 1.54) is 6.07 Å². The van der Waals surface area contributed by atoms with E-state index in [4.69, 9.17) is 5.73 Å². The maximum absolute atomic E-state index is 13.2. The van der Waals surface area contributed by atoms with Gasteiger partial charge in [-0.05, 0) is 48.0 Å². The van der Waals surface area contributed by atoms with Crippen LogP contribution >= 0.6 is 27.7 Å². The quantitative estimate of drug-likeness (QED) is 0.669. The van der Waals surface area contributed by atoms with Crippen LogP contribution in [0.1, 0.15) is 5.56 Å². The molecule has 0 radical (unpaired) electrons. The molecule has 2 aromatic rings. The highest BCUT2D eigenvalue weighted by atomic mass is 79.9. The van der Waals surface area contributed by atoms with Crippen LogP contribution in [0.4, 0.5) is 10.1 Å². The van der Waals surface area contributed by atoms with Gasteiger partial charge in [-0.2, -0.15) is 0 Å². The van der Waals surface area contributed by atoms with E-state index in [1.807, 2.05) is 30.3 Å². The highest BCUT2D eigenvalue weighted by Gasteiger charge is 2.00. The van der Waals surface area contributed by atoms with Gasteiger partial charge in [0.1, 0.15) is 5.82 Å². The molecule has 1 nitrogen and oxygen atoms in total. The highest BCUT2D eigenvalue weighted by Crippen LogP contribution is 2.25. The van der Waals surface area contributed by atoms with Gasteiger partial charge >= 0.3 is 0 Å². The van der Waals surface area contributed by atoms with Crippen molar-refractivity contribution in [2.24, 2.45) is 0 Å². The summed E-state index contributed by atoms with van der Waals surface area (Å²) in [5.41, 5.74) is 7.32. The zero-order valence-corrected chi connectivity index (χ0v) is 11.4. The van der Waals surface area contributed by atoms with Crippen LogP contribution in [-0.2, 0) is 5.75 Å². The Bertz CT molecular complexity index is 493.